The van der Waals surface area contributed by atoms with Crippen molar-refractivity contribution < 1.29 is 9.53 Å². The summed E-state index contributed by atoms with van der Waals surface area (Å²) >= 11 is 6.84. The van der Waals surface area contributed by atoms with Crippen molar-refractivity contribution in [2.45, 2.75) is 52.6 Å². The van der Waals surface area contributed by atoms with Crippen molar-refractivity contribution >= 4 is 49.9 Å². The zero-order valence-electron chi connectivity index (χ0n) is 17.5. The Bertz CT molecular complexity index is 1030. The normalized spacial score (nSPS) is 11.8. The number of carbonyl (C=O) groups is 1. The molecule has 1 atom stereocenters. The predicted octanol–water partition coefficient (Wildman–Crippen LogP) is 5.94. The lowest BCUT2D eigenvalue weighted by atomic mass is 10.1. The molecule has 0 aliphatic rings. The van der Waals surface area contributed by atoms with E-state index in [1.807, 2.05) is 19.1 Å². The number of hydrogen-bond acceptors (Lipinski definition) is 5. The second kappa shape index (κ2) is 10.5. The van der Waals surface area contributed by atoms with Crippen molar-refractivity contribution in [1.29, 1.82) is 0 Å². The minimum atomic E-state index is -0.287. The molecule has 0 radical (unpaired) electrons. The van der Waals surface area contributed by atoms with Gasteiger partial charge in [0.1, 0.15) is 5.75 Å². The number of nitrogens with one attached hydrogen (secondary N) is 2. The van der Waals surface area contributed by atoms with Crippen molar-refractivity contribution in [3.8, 4) is 5.75 Å². The first-order valence-electron chi connectivity index (χ1n) is 10.3. The van der Waals surface area contributed by atoms with E-state index in [9.17, 15) is 4.79 Å². The molecule has 0 aliphatic heterocycles. The van der Waals surface area contributed by atoms with E-state index < -0.39 is 0 Å². The Labute approximate surface area is 186 Å². The molecule has 1 amide bonds. The van der Waals surface area contributed by atoms with Gasteiger partial charge in [-0.05, 0) is 74.3 Å². The molecule has 1 heterocycles. The zero-order valence-corrected chi connectivity index (χ0v) is 19.2. The molecule has 0 saturated carbocycles. The average Bonchev–Trinajstić information content (AvgIpc) is 3.13. The molecule has 1 aromatic heterocycles. The summed E-state index contributed by atoms with van der Waals surface area (Å²) in [6, 6.07) is 13.4. The van der Waals surface area contributed by atoms with Crippen molar-refractivity contribution in [3.63, 3.8) is 0 Å². The summed E-state index contributed by atoms with van der Waals surface area (Å²) in [5.74, 6) is 0.381. The third-order valence-electron chi connectivity index (χ3n) is 4.73. The Kier molecular flexibility index (Phi) is 7.76. The van der Waals surface area contributed by atoms with Crippen LogP contribution in [0.4, 0.5) is 5.13 Å². The smallest absolute Gasteiger partial charge is 0.257 e. The molecule has 3 aromatic rings. The number of aryl methyl sites for hydroxylation is 1. The van der Waals surface area contributed by atoms with Gasteiger partial charge in [-0.15, -0.1) is 0 Å². The molecular formula is C23H27N3O2S2. The fourth-order valence-electron chi connectivity index (χ4n) is 2.89. The number of nitrogens with zero attached hydrogens (tertiary/aromatic N) is 1. The highest BCUT2D eigenvalue weighted by atomic mass is 32.1. The Morgan fingerprint density at radius 3 is 2.83 bits per heavy atom. The SMILES string of the molecule is CCCCc1ccc2nc(NC(=S)NC(=O)c3cccc(O[C@@H](C)CC)c3)sc2c1. The number of benzene rings is 2. The number of rotatable bonds is 8. The van der Waals surface area contributed by atoms with Gasteiger partial charge in [-0.25, -0.2) is 4.98 Å². The first-order valence-corrected chi connectivity index (χ1v) is 11.5. The minimum absolute atomic E-state index is 0.0904. The predicted molar refractivity (Wildman–Crippen MR) is 129 cm³/mol. The van der Waals surface area contributed by atoms with Gasteiger partial charge < -0.3 is 10.1 Å². The van der Waals surface area contributed by atoms with Crippen molar-refractivity contribution in [2.75, 3.05) is 5.32 Å². The quantitative estimate of drug-likeness (QED) is 0.423. The van der Waals surface area contributed by atoms with Crippen LogP contribution in [-0.4, -0.2) is 22.1 Å². The third-order valence-corrected chi connectivity index (χ3v) is 5.87. The number of unbranched alkanes of at least 4 members (excludes halogenated alkanes) is 1. The second-order valence-electron chi connectivity index (χ2n) is 7.20. The summed E-state index contributed by atoms with van der Waals surface area (Å²) < 4.78 is 6.89. The number of thiocarbonyl (C=S) groups is 1. The molecule has 158 valence electrons. The Morgan fingerprint density at radius 2 is 2.07 bits per heavy atom. The highest BCUT2D eigenvalue weighted by molar-refractivity contribution is 7.80. The van der Waals surface area contributed by atoms with Crippen LogP contribution in [0.5, 0.6) is 5.75 Å². The lowest BCUT2D eigenvalue weighted by molar-refractivity contribution is 0.0977. The number of anilines is 1. The van der Waals surface area contributed by atoms with Gasteiger partial charge in [0.15, 0.2) is 10.2 Å². The van der Waals surface area contributed by atoms with Crippen molar-refractivity contribution in [2.24, 2.45) is 0 Å². The average molecular weight is 442 g/mol. The lowest BCUT2D eigenvalue weighted by Gasteiger charge is -2.13. The maximum atomic E-state index is 12.6. The maximum absolute atomic E-state index is 12.6. The monoisotopic (exact) mass is 441 g/mol. The summed E-state index contributed by atoms with van der Waals surface area (Å²) in [5.41, 5.74) is 2.73. The van der Waals surface area contributed by atoms with Crippen LogP contribution in [0.15, 0.2) is 42.5 Å². The summed E-state index contributed by atoms with van der Waals surface area (Å²) in [7, 11) is 0. The number of carbonyl (C=O) groups excluding carboxylic acids is 1. The number of ether oxygens (including phenoxy) is 1. The van der Waals surface area contributed by atoms with Crippen LogP contribution in [0.2, 0.25) is 0 Å². The fourth-order valence-corrected chi connectivity index (χ4v) is 4.08. The number of thiazole rings is 1. The summed E-state index contributed by atoms with van der Waals surface area (Å²) in [5, 5.41) is 6.63. The van der Waals surface area contributed by atoms with Gasteiger partial charge in [0.2, 0.25) is 0 Å². The van der Waals surface area contributed by atoms with Crippen LogP contribution in [0.3, 0.4) is 0 Å². The minimum Gasteiger partial charge on any atom is -0.491 e. The van der Waals surface area contributed by atoms with Gasteiger partial charge in [-0.2, -0.15) is 0 Å². The van der Waals surface area contributed by atoms with E-state index in [0.29, 0.717) is 16.4 Å². The summed E-state index contributed by atoms with van der Waals surface area (Å²) in [4.78, 5) is 17.1. The van der Waals surface area contributed by atoms with E-state index in [4.69, 9.17) is 17.0 Å². The van der Waals surface area contributed by atoms with E-state index >= 15 is 0 Å². The Hall–Kier alpha value is -2.51. The highest BCUT2D eigenvalue weighted by Crippen LogP contribution is 2.27. The first-order chi connectivity index (χ1) is 14.5. The van der Waals surface area contributed by atoms with E-state index in [-0.39, 0.29) is 17.1 Å². The maximum Gasteiger partial charge on any atom is 0.257 e. The number of amides is 1. The van der Waals surface area contributed by atoms with E-state index in [2.05, 4.69) is 41.6 Å². The molecule has 0 saturated heterocycles. The van der Waals surface area contributed by atoms with Crippen LogP contribution in [0.25, 0.3) is 10.2 Å². The van der Waals surface area contributed by atoms with Gasteiger partial charge in [-0.3, -0.25) is 10.1 Å². The van der Waals surface area contributed by atoms with Crippen molar-refractivity contribution in [1.82, 2.24) is 10.3 Å². The van der Waals surface area contributed by atoms with Gasteiger partial charge in [0.05, 0.1) is 16.3 Å². The van der Waals surface area contributed by atoms with E-state index in [1.54, 1.807) is 18.2 Å². The molecule has 7 heteroatoms. The molecule has 0 bridgehead atoms. The van der Waals surface area contributed by atoms with Crippen molar-refractivity contribution in [3.05, 3.63) is 53.6 Å². The van der Waals surface area contributed by atoms with Gasteiger partial charge >= 0.3 is 0 Å². The van der Waals surface area contributed by atoms with Crippen LogP contribution in [-0.2, 0) is 6.42 Å². The summed E-state index contributed by atoms with van der Waals surface area (Å²) in [6.07, 6.45) is 4.41. The second-order valence-corrected chi connectivity index (χ2v) is 8.64. The largest absolute Gasteiger partial charge is 0.491 e. The molecule has 0 fully saturated rings. The first kappa shape index (κ1) is 22.2. The third kappa shape index (κ3) is 6.00. The molecule has 30 heavy (non-hydrogen) atoms. The van der Waals surface area contributed by atoms with Crippen LogP contribution in [0.1, 0.15) is 56.0 Å². The van der Waals surface area contributed by atoms with E-state index in [1.165, 1.54) is 29.7 Å². The van der Waals surface area contributed by atoms with Crippen LogP contribution in [0, 0.1) is 0 Å². The fraction of sp³-hybridized carbons (Fsp3) is 0.348. The number of hydrogen-bond donors (Lipinski definition) is 2. The van der Waals surface area contributed by atoms with Crippen LogP contribution >= 0.6 is 23.6 Å². The van der Waals surface area contributed by atoms with E-state index in [0.717, 1.165) is 23.1 Å². The zero-order chi connectivity index (χ0) is 21.5. The number of fused-ring (bicyclic) bond motifs is 1. The van der Waals surface area contributed by atoms with Gasteiger partial charge in [0.25, 0.3) is 5.91 Å². The Morgan fingerprint density at radius 1 is 1.23 bits per heavy atom. The molecule has 5 nitrogen and oxygen atoms in total. The molecular weight excluding hydrogens is 414 g/mol. The standard InChI is InChI=1S/C23H27N3O2S2/c1-4-6-8-16-11-12-19-20(13-16)30-23(24-19)26-22(29)25-21(27)17-9-7-10-18(14-17)28-15(3)5-2/h7,9-15H,4-6,8H2,1-3H3,(H2,24,25,26,27,29)/t15-/m0/s1. The van der Waals surface area contributed by atoms with Crippen LogP contribution < -0.4 is 15.4 Å². The molecule has 0 aliphatic carbocycles. The highest BCUT2D eigenvalue weighted by Gasteiger charge is 2.12. The molecule has 2 aromatic carbocycles. The molecule has 3 rings (SSSR count). The number of aromatic nitrogens is 1. The summed E-state index contributed by atoms with van der Waals surface area (Å²) in [6.45, 7) is 6.24. The topological polar surface area (TPSA) is 63.2 Å². The van der Waals surface area contributed by atoms with Gasteiger partial charge in [0, 0.05) is 5.56 Å². The van der Waals surface area contributed by atoms with Gasteiger partial charge in [-0.1, -0.05) is 43.7 Å². The molecule has 2 N–H and O–H groups in total. The molecule has 0 spiro atoms. The molecule has 0 unspecified atom stereocenters. The Balaban J connectivity index is 1.62. The lowest BCUT2D eigenvalue weighted by Crippen LogP contribution is -2.34.